The third kappa shape index (κ3) is 2.88. The normalized spacial score (nSPS) is 11.1. The van der Waals surface area contributed by atoms with Crippen LogP contribution in [0, 0.1) is 5.82 Å². The van der Waals surface area contributed by atoms with Gasteiger partial charge in [-0.3, -0.25) is 9.97 Å². The second kappa shape index (κ2) is 7.04. The van der Waals surface area contributed by atoms with Gasteiger partial charge in [-0.15, -0.1) is 0 Å². The molecule has 0 amide bonds. The van der Waals surface area contributed by atoms with Crippen molar-refractivity contribution in [2.24, 2.45) is 0 Å². The van der Waals surface area contributed by atoms with Gasteiger partial charge in [-0.2, -0.15) is 0 Å². The Labute approximate surface area is 170 Å². The van der Waals surface area contributed by atoms with Crippen LogP contribution in [0.25, 0.3) is 44.3 Å². The van der Waals surface area contributed by atoms with Gasteiger partial charge in [-0.25, -0.2) is 14.2 Å². The number of ether oxygens (including phenoxy) is 1. The Balaban J connectivity index is 1.75. The molecular formula is C23H15FN4O2. The van der Waals surface area contributed by atoms with Crippen molar-refractivity contribution in [3.63, 3.8) is 0 Å². The van der Waals surface area contributed by atoms with Crippen LogP contribution in [0.15, 0.2) is 67.3 Å². The van der Waals surface area contributed by atoms with E-state index in [-0.39, 0.29) is 0 Å². The number of carbonyl (C=O) groups excluding carboxylic acids is 1. The number of halogens is 1. The highest BCUT2D eigenvalue weighted by molar-refractivity contribution is 6.13. The largest absolute Gasteiger partial charge is 0.465 e. The first-order chi connectivity index (χ1) is 14.7. The number of H-pyrrole nitrogens is 1. The number of benzene rings is 1. The van der Waals surface area contributed by atoms with Crippen molar-refractivity contribution in [2.45, 2.75) is 0 Å². The van der Waals surface area contributed by atoms with Crippen LogP contribution in [0.2, 0.25) is 0 Å². The predicted molar refractivity (Wildman–Crippen MR) is 111 cm³/mol. The molecule has 0 unspecified atom stereocenters. The molecule has 0 fully saturated rings. The molecule has 0 bridgehead atoms. The summed E-state index contributed by atoms with van der Waals surface area (Å²) in [6.45, 7) is 0. The molecule has 0 radical (unpaired) electrons. The smallest absolute Gasteiger partial charge is 0.337 e. The number of rotatable bonds is 3. The van der Waals surface area contributed by atoms with Crippen LogP contribution < -0.4 is 0 Å². The van der Waals surface area contributed by atoms with E-state index in [0.717, 1.165) is 22.2 Å². The predicted octanol–water partition coefficient (Wildman–Crippen LogP) is 4.77. The van der Waals surface area contributed by atoms with E-state index in [9.17, 15) is 9.18 Å². The molecule has 1 N–H and O–H groups in total. The molecule has 0 saturated heterocycles. The minimum absolute atomic E-state index is 0.397. The number of pyridine rings is 3. The number of carbonyl (C=O) groups is 1. The molecule has 7 heteroatoms. The molecule has 1 aromatic carbocycles. The molecule has 0 atom stereocenters. The number of hydrogen-bond acceptors (Lipinski definition) is 5. The SMILES string of the molecule is COC(=O)c1ccc(-c2c(F)cnc3[nH]c4cnc(-c5cccnc5)cc4c23)cc1. The fourth-order valence-corrected chi connectivity index (χ4v) is 3.58. The fraction of sp³-hybridized carbons (Fsp3) is 0.0435. The van der Waals surface area contributed by atoms with Gasteiger partial charge in [0.05, 0.1) is 36.3 Å². The zero-order valence-corrected chi connectivity index (χ0v) is 15.9. The van der Waals surface area contributed by atoms with Gasteiger partial charge in [0.15, 0.2) is 0 Å². The molecule has 4 heterocycles. The van der Waals surface area contributed by atoms with E-state index in [2.05, 4.69) is 19.9 Å². The molecule has 4 aromatic heterocycles. The van der Waals surface area contributed by atoms with E-state index in [1.807, 2.05) is 18.2 Å². The van der Waals surface area contributed by atoms with Crippen LogP contribution in [-0.4, -0.2) is 33.0 Å². The van der Waals surface area contributed by atoms with Gasteiger partial charge in [-0.1, -0.05) is 12.1 Å². The van der Waals surface area contributed by atoms with Crippen LogP contribution in [0.4, 0.5) is 4.39 Å². The minimum atomic E-state index is -0.450. The van der Waals surface area contributed by atoms with Crippen molar-refractivity contribution < 1.29 is 13.9 Å². The van der Waals surface area contributed by atoms with Crippen LogP contribution in [0.3, 0.4) is 0 Å². The second-order valence-electron chi connectivity index (χ2n) is 6.76. The Morgan fingerprint density at radius 1 is 1.03 bits per heavy atom. The molecule has 5 rings (SSSR count). The summed E-state index contributed by atoms with van der Waals surface area (Å²) in [5, 5.41) is 1.46. The first-order valence-electron chi connectivity index (χ1n) is 9.21. The number of aromatic amines is 1. The monoisotopic (exact) mass is 398 g/mol. The maximum absolute atomic E-state index is 15.0. The number of aromatic nitrogens is 4. The molecule has 30 heavy (non-hydrogen) atoms. The van der Waals surface area contributed by atoms with Crippen molar-refractivity contribution in [1.29, 1.82) is 0 Å². The van der Waals surface area contributed by atoms with E-state index in [1.165, 1.54) is 13.3 Å². The highest BCUT2D eigenvalue weighted by atomic mass is 19.1. The van der Waals surface area contributed by atoms with Crippen LogP contribution in [0.1, 0.15) is 10.4 Å². The first-order valence-corrected chi connectivity index (χ1v) is 9.21. The van der Waals surface area contributed by atoms with Gasteiger partial charge in [0, 0.05) is 34.3 Å². The Kier molecular flexibility index (Phi) is 4.21. The second-order valence-corrected chi connectivity index (χ2v) is 6.76. The number of esters is 1. The van der Waals surface area contributed by atoms with Gasteiger partial charge in [0.25, 0.3) is 0 Å². The lowest BCUT2D eigenvalue weighted by Crippen LogP contribution is -2.00. The van der Waals surface area contributed by atoms with E-state index in [1.54, 1.807) is 42.9 Å². The maximum atomic E-state index is 15.0. The standard InChI is InChI=1S/C23H15FN4O2/c1-30-23(29)14-6-4-13(5-7-14)20-17(24)11-27-22-21(20)16-9-18(26-12-19(16)28-22)15-3-2-8-25-10-15/h2-12H,1H3,(H,27,28). The molecule has 0 spiro atoms. The molecular weight excluding hydrogens is 383 g/mol. The summed E-state index contributed by atoms with van der Waals surface area (Å²) in [5.74, 6) is -0.893. The van der Waals surface area contributed by atoms with Gasteiger partial charge in [0.2, 0.25) is 0 Å². The number of nitrogens with zero attached hydrogens (tertiary/aromatic N) is 3. The van der Waals surface area contributed by atoms with Crippen molar-refractivity contribution in [2.75, 3.05) is 7.11 Å². The van der Waals surface area contributed by atoms with Crippen molar-refractivity contribution >= 4 is 27.9 Å². The number of hydrogen-bond donors (Lipinski definition) is 1. The highest BCUT2D eigenvalue weighted by Gasteiger charge is 2.18. The topological polar surface area (TPSA) is 80.8 Å². The van der Waals surface area contributed by atoms with Crippen LogP contribution in [-0.2, 0) is 4.74 Å². The lowest BCUT2D eigenvalue weighted by atomic mass is 9.99. The average Bonchev–Trinajstić information content (AvgIpc) is 3.17. The number of fused-ring (bicyclic) bond motifs is 3. The quantitative estimate of drug-likeness (QED) is 0.443. The van der Waals surface area contributed by atoms with Crippen LogP contribution >= 0.6 is 0 Å². The number of nitrogens with one attached hydrogen (secondary N) is 1. The average molecular weight is 398 g/mol. The van der Waals surface area contributed by atoms with E-state index >= 15 is 0 Å². The molecule has 0 aliphatic rings. The van der Waals surface area contributed by atoms with E-state index in [0.29, 0.717) is 27.7 Å². The van der Waals surface area contributed by atoms with E-state index in [4.69, 9.17) is 4.74 Å². The summed E-state index contributed by atoms with van der Waals surface area (Å²) in [4.78, 5) is 27.8. The summed E-state index contributed by atoms with van der Waals surface area (Å²) in [7, 11) is 1.32. The van der Waals surface area contributed by atoms with E-state index < -0.39 is 11.8 Å². The minimum Gasteiger partial charge on any atom is -0.465 e. The summed E-state index contributed by atoms with van der Waals surface area (Å²) in [6, 6.07) is 12.3. The Bertz CT molecular complexity index is 1400. The van der Waals surface area contributed by atoms with Gasteiger partial charge in [0.1, 0.15) is 11.5 Å². The summed E-state index contributed by atoms with van der Waals surface area (Å²) in [5.41, 5.74) is 4.34. The Morgan fingerprint density at radius 3 is 2.60 bits per heavy atom. The van der Waals surface area contributed by atoms with Crippen molar-refractivity contribution in [1.82, 2.24) is 19.9 Å². The third-order valence-electron chi connectivity index (χ3n) is 5.01. The maximum Gasteiger partial charge on any atom is 0.337 e. The molecule has 0 saturated carbocycles. The van der Waals surface area contributed by atoms with Gasteiger partial charge in [-0.05, 0) is 35.9 Å². The zero-order valence-electron chi connectivity index (χ0n) is 15.9. The number of methoxy groups -OCH3 is 1. The molecule has 6 nitrogen and oxygen atoms in total. The first kappa shape index (κ1) is 17.9. The molecule has 5 aromatic rings. The van der Waals surface area contributed by atoms with Gasteiger partial charge >= 0.3 is 5.97 Å². The summed E-state index contributed by atoms with van der Waals surface area (Å²) in [6.07, 6.45) is 6.33. The summed E-state index contributed by atoms with van der Waals surface area (Å²) >= 11 is 0. The third-order valence-corrected chi connectivity index (χ3v) is 5.01. The van der Waals surface area contributed by atoms with Crippen LogP contribution in [0.5, 0.6) is 0 Å². The van der Waals surface area contributed by atoms with Gasteiger partial charge < -0.3 is 9.72 Å². The lowest BCUT2D eigenvalue weighted by Gasteiger charge is -2.07. The lowest BCUT2D eigenvalue weighted by molar-refractivity contribution is 0.0601. The molecule has 146 valence electrons. The molecule has 0 aliphatic heterocycles. The van der Waals surface area contributed by atoms with Crippen molar-refractivity contribution in [3.05, 3.63) is 78.6 Å². The molecule has 0 aliphatic carbocycles. The van der Waals surface area contributed by atoms with Crippen molar-refractivity contribution in [3.8, 4) is 22.4 Å². The summed E-state index contributed by atoms with van der Waals surface area (Å²) < 4.78 is 19.7. The zero-order chi connectivity index (χ0) is 20.7. The Morgan fingerprint density at radius 2 is 1.87 bits per heavy atom. The fourth-order valence-electron chi connectivity index (χ4n) is 3.58. The Hall–Kier alpha value is -4.13. The highest BCUT2D eigenvalue weighted by Crippen LogP contribution is 2.36.